The first-order valence-electron chi connectivity index (χ1n) is 5.90. The Morgan fingerprint density at radius 1 is 1.61 bits per heavy atom. The van der Waals surface area contributed by atoms with Gasteiger partial charge in [-0.1, -0.05) is 35.5 Å². The van der Waals surface area contributed by atoms with Crippen LogP contribution in [0.25, 0.3) is 0 Å². The summed E-state index contributed by atoms with van der Waals surface area (Å²) in [6, 6.07) is 5.76. The number of fused-ring (bicyclic) bond motifs is 1. The molecule has 1 aromatic rings. The third-order valence-electron chi connectivity index (χ3n) is 3.30. The molecule has 1 aliphatic rings. The molecule has 1 aliphatic heterocycles. The lowest BCUT2D eigenvalue weighted by Gasteiger charge is -2.27. The van der Waals surface area contributed by atoms with Crippen molar-refractivity contribution in [2.24, 2.45) is 0 Å². The van der Waals surface area contributed by atoms with Gasteiger partial charge in [-0.15, -0.1) is 0 Å². The largest absolute Gasteiger partial charge is 0.500 e. The zero-order valence-electron chi connectivity index (χ0n) is 10.6. The molecule has 0 saturated carbocycles. The van der Waals surface area contributed by atoms with Crippen LogP contribution in [0.4, 0.5) is 0 Å². The summed E-state index contributed by atoms with van der Waals surface area (Å²) in [4.78, 5) is 14.2. The molecular weight excluding hydrogens is 294 g/mol. The molecule has 1 unspecified atom stereocenters. The van der Waals surface area contributed by atoms with E-state index in [2.05, 4.69) is 22.5 Å². The van der Waals surface area contributed by atoms with Crippen molar-refractivity contribution < 1.29 is 9.53 Å². The van der Waals surface area contributed by atoms with Crippen molar-refractivity contribution in [3.63, 3.8) is 0 Å². The fourth-order valence-corrected chi connectivity index (χ4v) is 2.67. The standard InChI is InChI=1S/C14H16BrNO2/c1-4-13(9(2)18-3)16-8-10-5-6-11(15)7-12(10)14(16)17/h5-7,13H,2,4,8H2,1,3H3. The predicted molar refractivity (Wildman–Crippen MR) is 74.2 cm³/mol. The van der Waals surface area contributed by atoms with Gasteiger partial charge < -0.3 is 9.64 Å². The summed E-state index contributed by atoms with van der Waals surface area (Å²) in [5, 5.41) is 0. The zero-order chi connectivity index (χ0) is 13.3. The predicted octanol–water partition coefficient (Wildman–Crippen LogP) is 3.34. The lowest BCUT2D eigenvalue weighted by atomic mass is 10.1. The Morgan fingerprint density at radius 2 is 2.33 bits per heavy atom. The quantitative estimate of drug-likeness (QED) is 0.798. The molecule has 4 heteroatoms. The molecule has 0 saturated heterocycles. The first-order chi connectivity index (χ1) is 8.58. The molecule has 0 spiro atoms. The number of rotatable bonds is 4. The van der Waals surface area contributed by atoms with Gasteiger partial charge in [0.05, 0.1) is 13.2 Å². The van der Waals surface area contributed by atoms with Crippen molar-refractivity contribution in [2.45, 2.75) is 25.9 Å². The second-order valence-electron chi connectivity index (χ2n) is 4.33. The fourth-order valence-electron chi connectivity index (χ4n) is 2.31. The first kappa shape index (κ1) is 13.1. The number of hydrogen-bond acceptors (Lipinski definition) is 2. The number of carbonyl (C=O) groups excluding carboxylic acids is 1. The van der Waals surface area contributed by atoms with Crippen LogP contribution in [0.2, 0.25) is 0 Å². The number of hydrogen-bond donors (Lipinski definition) is 0. The fraction of sp³-hybridized carbons (Fsp3) is 0.357. The summed E-state index contributed by atoms with van der Waals surface area (Å²) >= 11 is 3.40. The highest BCUT2D eigenvalue weighted by Gasteiger charge is 2.33. The molecule has 1 atom stereocenters. The van der Waals surface area contributed by atoms with Crippen molar-refractivity contribution in [3.8, 4) is 0 Å². The molecule has 0 radical (unpaired) electrons. The molecule has 3 nitrogen and oxygen atoms in total. The third kappa shape index (κ3) is 2.17. The van der Waals surface area contributed by atoms with E-state index in [0.717, 1.165) is 22.0 Å². The Morgan fingerprint density at radius 3 is 2.94 bits per heavy atom. The Kier molecular flexibility index (Phi) is 3.76. The average Bonchev–Trinajstić information content (AvgIpc) is 2.68. The summed E-state index contributed by atoms with van der Waals surface area (Å²) in [7, 11) is 1.59. The second kappa shape index (κ2) is 5.14. The van der Waals surface area contributed by atoms with Crippen molar-refractivity contribution in [1.29, 1.82) is 0 Å². The van der Waals surface area contributed by atoms with Gasteiger partial charge in [0.15, 0.2) is 0 Å². The molecule has 1 amide bonds. The molecular formula is C14H16BrNO2. The lowest BCUT2D eigenvalue weighted by molar-refractivity contribution is 0.0670. The van der Waals surface area contributed by atoms with E-state index >= 15 is 0 Å². The number of methoxy groups -OCH3 is 1. The minimum absolute atomic E-state index is 0.0522. The Labute approximate surface area is 116 Å². The van der Waals surface area contributed by atoms with Gasteiger partial charge >= 0.3 is 0 Å². The monoisotopic (exact) mass is 309 g/mol. The van der Waals surface area contributed by atoms with Crippen molar-refractivity contribution in [2.75, 3.05) is 7.11 Å². The van der Waals surface area contributed by atoms with Crippen LogP contribution in [0.1, 0.15) is 29.3 Å². The van der Waals surface area contributed by atoms with Crippen molar-refractivity contribution >= 4 is 21.8 Å². The average molecular weight is 310 g/mol. The minimum atomic E-state index is -0.0614. The van der Waals surface area contributed by atoms with Crippen LogP contribution in [0, 0.1) is 0 Å². The molecule has 1 heterocycles. The summed E-state index contributed by atoms with van der Waals surface area (Å²) in [6.07, 6.45) is 0.799. The smallest absolute Gasteiger partial charge is 0.255 e. The number of ether oxygens (including phenoxy) is 1. The van der Waals surface area contributed by atoms with E-state index in [1.807, 2.05) is 30.0 Å². The van der Waals surface area contributed by atoms with E-state index in [1.54, 1.807) is 7.11 Å². The van der Waals surface area contributed by atoms with E-state index in [1.165, 1.54) is 0 Å². The van der Waals surface area contributed by atoms with E-state index in [9.17, 15) is 4.79 Å². The molecule has 0 aromatic heterocycles. The first-order valence-corrected chi connectivity index (χ1v) is 6.70. The highest BCUT2D eigenvalue weighted by atomic mass is 79.9. The molecule has 1 aromatic carbocycles. The van der Waals surface area contributed by atoms with Crippen molar-refractivity contribution in [1.82, 2.24) is 4.90 Å². The summed E-state index contributed by atoms with van der Waals surface area (Å²) in [5.41, 5.74) is 1.83. The minimum Gasteiger partial charge on any atom is -0.500 e. The molecule has 0 fully saturated rings. The lowest BCUT2D eigenvalue weighted by Crippen LogP contribution is -2.36. The highest BCUT2D eigenvalue weighted by molar-refractivity contribution is 9.10. The van der Waals surface area contributed by atoms with E-state index < -0.39 is 0 Å². The van der Waals surface area contributed by atoms with Gasteiger partial charge in [-0.25, -0.2) is 0 Å². The summed E-state index contributed by atoms with van der Waals surface area (Å²) < 4.78 is 6.11. The van der Waals surface area contributed by atoms with Gasteiger partial charge in [-0.2, -0.15) is 0 Å². The highest BCUT2D eigenvalue weighted by Crippen LogP contribution is 2.29. The zero-order valence-corrected chi connectivity index (χ0v) is 12.2. The molecule has 96 valence electrons. The molecule has 0 N–H and O–H groups in total. The number of nitrogens with zero attached hydrogens (tertiary/aromatic N) is 1. The summed E-state index contributed by atoms with van der Waals surface area (Å²) in [6.45, 7) is 6.53. The van der Waals surface area contributed by atoms with Gasteiger partial charge in [0, 0.05) is 16.6 Å². The van der Waals surface area contributed by atoms with Crippen LogP contribution in [0.15, 0.2) is 35.0 Å². The molecule has 0 aliphatic carbocycles. The van der Waals surface area contributed by atoms with E-state index in [-0.39, 0.29) is 11.9 Å². The van der Waals surface area contributed by atoms with Gasteiger partial charge in [0.1, 0.15) is 5.76 Å². The van der Waals surface area contributed by atoms with Gasteiger partial charge in [-0.05, 0) is 24.1 Å². The number of benzene rings is 1. The number of carbonyl (C=O) groups is 1. The second-order valence-corrected chi connectivity index (χ2v) is 5.24. The van der Waals surface area contributed by atoms with Gasteiger partial charge in [0.2, 0.25) is 0 Å². The maximum Gasteiger partial charge on any atom is 0.255 e. The van der Waals surface area contributed by atoms with E-state index in [0.29, 0.717) is 12.3 Å². The van der Waals surface area contributed by atoms with Crippen LogP contribution < -0.4 is 0 Å². The maximum atomic E-state index is 12.4. The van der Waals surface area contributed by atoms with Crippen LogP contribution in [0.5, 0.6) is 0 Å². The Balaban J connectivity index is 2.30. The SMILES string of the molecule is C=C(OC)C(CC)N1Cc2ccc(Br)cc2C1=O. The number of amides is 1. The van der Waals surface area contributed by atoms with Crippen LogP contribution >= 0.6 is 15.9 Å². The normalized spacial score (nSPS) is 15.5. The maximum absolute atomic E-state index is 12.4. The molecule has 2 rings (SSSR count). The van der Waals surface area contributed by atoms with Gasteiger partial charge in [0.25, 0.3) is 5.91 Å². The number of halogens is 1. The summed E-state index contributed by atoms with van der Waals surface area (Å²) in [5.74, 6) is 0.689. The topological polar surface area (TPSA) is 29.5 Å². The Hall–Kier alpha value is -1.29. The van der Waals surface area contributed by atoms with Gasteiger partial charge in [-0.3, -0.25) is 4.79 Å². The van der Waals surface area contributed by atoms with Crippen LogP contribution in [0.3, 0.4) is 0 Å². The third-order valence-corrected chi connectivity index (χ3v) is 3.79. The van der Waals surface area contributed by atoms with E-state index in [4.69, 9.17) is 4.74 Å². The van der Waals surface area contributed by atoms with Crippen LogP contribution in [-0.2, 0) is 11.3 Å². The Bertz CT molecular complexity index is 499. The van der Waals surface area contributed by atoms with Crippen molar-refractivity contribution in [3.05, 3.63) is 46.1 Å². The van der Waals surface area contributed by atoms with Crippen LogP contribution in [-0.4, -0.2) is 24.0 Å². The molecule has 0 bridgehead atoms. The molecule has 18 heavy (non-hydrogen) atoms.